The van der Waals surface area contributed by atoms with E-state index in [4.69, 9.17) is 4.74 Å². The van der Waals surface area contributed by atoms with Crippen molar-refractivity contribution in [3.8, 4) is 5.75 Å². The van der Waals surface area contributed by atoms with Crippen LogP contribution in [0.2, 0.25) is 0 Å². The van der Waals surface area contributed by atoms with Gasteiger partial charge in [0.2, 0.25) is 0 Å². The molecule has 16 heavy (non-hydrogen) atoms. The quantitative estimate of drug-likeness (QED) is 0.471. The van der Waals surface area contributed by atoms with Gasteiger partial charge in [-0.05, 0) is 49.6 Å². The van der Waals surface area contributed by atoms with E-state index in [-0.39, 0.29) is 0 Å². The number of aldehydes is 1. The van der Waals surface area contributed by atoms with E-state index in [1.54, 1.807) is 7.11 Å². The number of ether oxygens (including phenoxy) is 1. The van der Waals surface area contributed by atoms with Gasteiger partial charge in [0.05, 0.1) is 16.1 Å². The lowest BCUT2D eigenvalue weighted by Gasteiger charge is -2.14. The molecular formula is C10H8Br4O2. The van der Waals surface area contributed by atoms with Crippen LogP contribution in [-0.2, 0) is 11.2 Å². The molecule has 0 saturated carbocycles. The number of methoxy groups -OCH3 is 1. The molecule has 88 valence electrons. The minimum atomic E-state index is -0.715. The molecule has 6 heteroatoms. The van der Waals surface area contributed by atoms with Crippen molar-refractivity contribution in [1.82, 2.24) is 0 Å². The molecule has 0 unspecified atom stereocenters. The molecular weight excluding hydrogens is 472 g/mol. The summed E-state index contributed by atoms with van der Waals surface area (Å²) < 4.78 is 6.18. The third-order valence-corrected chi connectivity index (χ3v) is 3.99. The number of hydrogen-bond donors (Lipinski definition) is 0. The molecule has 1 aromatic rings. The Bertz CT molecular complexity index is 381. The van der Waals surface area contributed by atoms with Crippen molar-refractivity contribution in [2.75, 3.05) is 7.11 Å². The van der Waals surface area contributed by atoms with Crippen LogP contribution in [0, 0.1) is 0 Å². The Labute approximate surface area is 128 Å². The van der Waals surface area contributed by atoms with Gasteiger partial charge in [-0.2, -0.15) is 0 Å². The lowest BCUT2D eigenvalue weighted by molar-refractivity contribution is -0.107. The molecule has 1 aromatic carbocycles. The summed E-state index contributed by atoms with van der Waals surface area (Å²) in [6.07, 6.45) is 1.36. The second-order valence-electron chi connectivity index (χ2n) is 3.15. The van der Waals surface area contributed by atoms with Gasteiger partial charge in [0.1, 0.15) is 15.3 Å². The standard InChI is InChI=1S/C10H8Br4O2/c1-16-9-7(11)2-6(3-8(9)12)4-10(13,14)5-15/h2-3,5H,4H2,1H3. The number of hydrogen-bond acceptors (Lipinski definition) is 2. The molecule has 0 aliphatic carbocycles. The zero-order valence-electron chi connectivity index (χ0n) is 8.27. The molecule has 0 aliphatic rings. The summed E-state index contributed by atoms with van der Waals surface area (Å²) in [6, 6.07) is 3.84. The fourth-order valence-electron chi connectivity index (χ4n) is 1.22. The summed E-state index contributed by atoms with van der Waals surface area (Å²) in [5.74, 6) is 0.740. The molecule has 0 heterocycles. The van der Waals surface area contributed by atoms with E-state index in [2.05, 4.69) is 63.7 Å². The Kier molecular flexibility index (Phi) is 5.48. The molecule has 1 rings (SSSR count). The van der Waals surface area contributed by atoms with Gasteiger partial charge >= 0.3 is 0 Å². The van der Waals surface area contributed by atoms with E-state index in [9.17, 15) is 4.79 Å². The third-order valence-electron chi connectivity index (χ3n) is 1.87. The van der Waals surface area contributed by atoms with E-state index < -0.39 is 3.23 Å². The van der Waals surface area contributed by atoms with Crippen LogP contribution in [0.1, 0.15) is 5.56 Å². The number of carbonyl (C=O) groups excluding carboxylic acids is 1. The second kappa shape index (κ2) is 5.98. The SMILES string of the molecule is COc1c(Br)cc(CC(Br)(Br)C=O)cc1Br. The summed E-state index contributed by atoms with van der Waals surface area (Å²) in [5, 5.41) is 0. The van der Waals surface area contributed by atoms with Gasteiger partial charge in [-0.15, -0.1) is 0 Å². The maximum atomic E-state index is 10.8. The van der Waals surface area contributed by atoms with E-state index in [0.29, 0.717) is 6.42 Å². The molecule has 0 fully saturated rings. The fourth-order valence-corrected chi connectivity index (χ4v) is 3.48. The van der Waals surface area contributed by atoms with Crippen LogP contribution in [0.4, 0.5) is 0 Å². The molecule has 0 spiro atoms. The largest absolute Gasteiger partial charge is 0.494 e. The summed E-state index contributed by atoms with van der Waals surface area (Å²) >= 11 is 13.4. The maximum absolute atomic E-state index is 10.8. The molecule has 2 nitrogen and oxygen atoms in total. The van der Waals surface area contributed by atoms with Crippen molar-refractivity contribution in [3.63, 3.8) is 0 Å². The van der Waals surface area contributed by atoms with Gasteiger partial charge in [-0.25, -0.2) is 0 Å². The van der Waals surface area contributed by atoms with Crippen LogP contribution in [-0.4, -0.2) is 16.6 Å². The smallest absolute Gasteiger partial charge is 0.147 e. The first-order chi connectivity index (χ1) is 7.39. The van der Waals surface area contributed by atoms with Crippen molar-refractivity contribution in [1.29, 1.82) is 0 Å². The number of benzene rings is 1. The highest BCUT2D eigenvalue weighted by Gasteiger charge is 2.23. The van der Waals surface area contributed by atoms with E-state index in [1.807, 2.05) is 12.1 Å². The van der Waals surface area contributed by atoms with Crippen molar-refractivity contribution >= 4 is 70.0 Å². The van der Waals surface area contributed by atoms with Gasteiger partial charge in [0.15, 0.2) is 0 Å². The van der Waals surface area contributed by atoms with Gasteiger partial charge < -0.3 is 9.53 Å². The molecule has 0 saturated heterocycles. The van der Waals surface area contributed by atoms with Gasteiger partial charge in [-0.1, -0.05) is 31.9 Å². The Morgan fingerprint density at radius 2 is 1.81 bits per heavy atom. The van der Waals surface area contributed by atoms with Crippen LogP contribution in [0.25, 0.3) is 0 Å². The summed E-state index contributed by atoms with van der Waals surface area (Å²) in [6.45, 7) is 0. The molecule has 0 bridgehead atoms. The zero-order valence-corrected chi connectivity index (χ0v) is 14.6. The van der Waals surface area contributed by atoms with Gasteiger partial charge in [0, 0.05) is 6.42 Å². The van der Waals surface area contributed by atoms with Crippen molar-refractivity contribution in [2.45, 2.75) is 9.65 Å². The Morgan fingerprint density at radius 3 is 2.19 bits per heavy atom. The van der Waals surface area contributed by atoms with Crippen LogP contribution < -0.4 is 4.74 Å². The van der Waals surface area contributed by atoms with Crippen LogP contribution in [0.3, 0.4) is 0 Å². The van der Waals surface area contributed by atoms with E-state index >= 15 is 0 Å². The monoisotopic (exact) mass is 476 g/mol. The Balaban J connectivity index is 3.05. The lowest BCUT2D eigenvalue weighted by Crippen LogP contribution is -2.16. The topological polar surface area (TPSA) is 26.3 Å². The minimum absolute atomic E-state index is 0.539. The molecule has 0 atom stereocenters. The number of halogens is 4. The second-order valence-corrected chi connectivity index (χ2v) is 8.75. The number of carbonyl (C=O) groups is 1. The predicted octanol–water partition coefficient (Wildman–Crippen LogP) is 4.45. The van der Waals surface area contributed by atoms with Crippen molar-refractivity contribution < 1.29 is 9.53 Å². The molecule has 0 radical (unpaired) electrons. The maximum Gasteiger partial charge on any atom is 0.147 e. The zero-order chi connectivity index (χ0) is 12.3. The first kappa shape index (κ1) is 14.7. The summed E-state index contributed by atoms with van der Waals surface area (Å²) in [7, 11) is 1.61. The molecule has 0 N–H and O–H groups in total. The summed E-state index contributed by atoms with van der Waals surface area (Å²) in [4.78, 5) is 10.8. The van der Waals surface area contributed by atoms with Crippen LogP contribution in [0.15, 0.2) is 21.1 Å². The number of rotatable bonds is 4. The van der Waals surface area contributed by atoms with Crippen LogP contribution in [0.5, 0.6) is 5.75 Å². The first-order valence-corrected chi connectivity index (χ1v) is 7.43. The highest BCUT2D eigenvalue weighted by atomic mass is 79.9. The van der Waals surface area contributed by atoms with Crippen molar-refractivity contribution in [3.05, 3.63) is 26.6 Å². The number of alkyl halides is 2. The Morgan fingerprint density at radius 1 is 1.31 bits per heavy atom. The molecule has 0 amide bonds. The average Bonchev–Trinajstić information content (AvgIpc) is 2.16. The highest BCUT2D eigenvalue weighted by Crippen LogP contribution is 2.37. The van der Waals surface area contributed by atoms with E-state index in [0.717, 1.165) is 26.5 Å². The molecule has 0 aromatic heterocycles. The van der Waals surface area contributed by atoms with Crippen molar-refractivity contribution in [2.24, 2.45) is 0 Å². The Hall–Kier alpha value is 0.610. The third kappa shape index (κ3) is 3.82. The fraction of sp³-hybridized carbons (Fsp3) is 0.300. The average molecular weight is 480 g/mol. The van der Waals surface area contributed by atoms with Crippen LogP contribution >= 0.6 is 63.7 Å². The van der Waals surface area contributed by atoms with Gasteiger partial charge in [0.25, 0.3) is 0 Å². The minimum Gasteiger partial charge on any atom is -0.494 e. The predicted molar refractivity (Wildman–Crippen MR) is 78.7 cm³/mol. The first-order valence-electron chi connectivity index (χ1n) is 4.25. The normalized spacial score (nSPS) is 11.3. The summed E-state index contributed by atoms with van der Waals surface area (Å²) in [5.41, 5.74) is 1.00. The lowest BCUT2D eigenvalue weighted by atomic mass is 10.1. The molecule has 0 aliphatic heterocycles. The van der Waals surface area contributed by atoms with E-state index in [1.165, 1.54) is 0 Å². The van der Waals surface area contributed by atoms with Gasteiger partial charge in [-0.3, -0.25) is 0 Å². The highest BCUT2D eigenvalue weighted by molar-refractivity contribution is 9.25.